The van der Waals surface area contributed by atoms with Crippen LogP contribution in [-0.4, -0.2) is 29.1 Å². The van der Waals surface area contributed by atoms with Gasteiger partial charge in [-0.1, -0.05) is 11.6 Å². The van der Waals surface area contributed by atoms with Gasteiger partial charge in [0.05, 0.1) is 23.4 Å². The SMILES string of the molecule is Cc1ccc2nc(C)c(C(=O)NCCO)cc2c1. The molecule has 1 heterocycles. The molecule has 0 aliphatic rings. The summed E-state index contributed by atoms with van der Waals surface area (Å²) in [5, 5.41) is 12.3. The first-order valence-corrected chi connectivity index (χ1v) is 5.89. The molecule has 2 rings (SSSR count). The Kier molecular flexibility index (Phi) is 3.58. The van der Waals surface area contributed by atoms with Crippen molar-refractivity contribution in [1.82, 2.24) is 10.3 Å². The fourth-order valence-electron chi connectivity index (χ4n) is 1.89. The van der Waals surface area contributed by atoms with Crippen molar-refractivity contribution in [1.29, 1.82) is 0 Å². The number of nitrogens with one attached hydrogen (secondary N) is 1. The molecule has 1 amide bonds. The molecular formula is C14H16N2O2. The van der Waals surface area contributed by atoms with Gasteiger partial charge in [-0.25, -0.2) is 0 Å². The third-order valence-corrected chi connectivity index (χ3v) is 2.80. The minimum atomic E-state index is -0.197. The molecule has 0 aliphatic heterocycles. The minimum absolute atomic E-state index is 0.0646. The molecular weight excluding hydrogens is 228 g/mol. The smallest absolute Gasteiger partial charge is 0.253 e. The Morgan fingerprint density at radius 2 is 2.11 bits per heavy atom. The number of aromatic nitrogens is 1. The zero-order chi connectivity index (χ0) is 13.1. The Morgan fingerprint density at radius 1 is 1.33 bits per heavy atom. The van der Waals surface area contributed by atoms with Crippen LogP contribution >= 0.6 is 0 Å². The molecule has 0 saturated carbocycles. The Bertz CT molecular complexity index is 594. The summed E-state index contributed by atoms with van der Waals surface area (Å²) in [5.74, 6) is -0.197. The van der Waals surface area contributed by atoms with Gasteiger partial charge in [-0.2, -0.15) is 0 Å². The normalized spacial score (nSPS) is 10.6. The molecule has 2 aromatic rings. The van der Waals surface area contributed by atoms with Crippen molar-refractivity contribution in [2.75, 3.05) is 13.2 Å². The maximum atomic E-state index is 11.9. The first-order valence-electron chi connectivity index (χ1n) is 5.89. The number of carbonyl (C=O) groups is 1. The average molecular weight is 244 g/mol. The molecule has 4 nitrogen and oxygen atoms in total. The number of nitrogens with zero attached hydrogens (tertiary/aromatic N) is 1. The molecule has 0 unspecified atom stereocenters. The van der Waals surface area contributed by atoms with E-state index in [1.54, 1.807) is 0 Å². The fraction of sp³-hybridized carbons (Fsp3) is 0.286. The third-order valence-electron chi connectivity index (χ3n) is 2.80. The van der Waals surface area contributed by atoms with Gasteiger partial charge in [0, 0.05) is 11.9 Å². The molecule has 1 aromatic heterocycles. The topological polar surface area (TPSA) is 62.2 Å². The van der Waals surface area contributed by atoms with Crippen molar-refractivity contribution in [3.8, 4) is 0 Å². The quantitative estimate of drug-likeness (QED) is 0.861. The van der Waals surface area contributed by atoms with Gasteiger partial charge in [-0.05, 0) is 32.0 Å². The molecule has 0 spiro atoms. The average Bonchev–Trinajstić information content (AvgIpc) is 2.35. The Morgan fingerprint density at radius 3 is 2.83 bits per heavy atom. The Balaban J connectivity index is 2.44. The second kappa shape index (κ2) is 5.14. The van der Waals surface area contributed by atoms with Gasteiger partial charge in [0.1, 0.15) is 0 Å². The van der Waals surface area contributed by atoms with Gasteiger partial charge in [0.25, 0.3) is 5.91 Å². The van der Waals surface area contributed by atoms with Crippen LogP contribution in [0.4, 0.5) is 0 Å². The Hall–Kier alpha value is -1.94. The number of benzene rings is 1. The van der Waals surface area contributed by atoms with Crippen molar-refractivity contribution < 1.29 is 9.90 Å². The number of hydrogen-bond donors (Lipinski definition) is 2. The molecule has 0 saturated heterocycles. The van der Waals surface area contributed by atoms with Crippen LogP contribution in [0.5, 0.6) is 0 Å². The summed E-state index contributed by atoms with van der Waals surface area (Å²) in [7, 11) is 0. The number of aliphatic hydroxyl groups is 1. The minimum Gasteiger partial charge on any atom is -0.395 e. The lowest BCUT2D eigenvalue weighted by Crippen LogP contribution is -2.27. The number of fused-ring (bicyclic) bond motifs is 1. The van der Waals surface area contributed by atoms with Crippen LogP contribution in [0.2, 0.25) is 0 Å². The zero-order valence-electron chi connectivity index (χ0n) is 10.5. The summed E-state index contributed by atoms with van der Waals surface area (Å²) in [6.07, 6.45) is 0. The van der Waals surface area contributed by atoms with E-state index in [0.717, 1.165) is 16.5 Å². The van der Waals surface area contributed by atoms with E-state index in [1.165, 1.54) is 0 Å². The van der Waals surface area contributed by atoms with Crippen LogP contribution in [-0.2, 0) is 0 Å². The van der Waals surface area contributed by atoms with Crippen molar-refractivity contribution in [2.45, 2.75) is 13.8 Å². The highest BCUT2D eigenvalue weighted by atomic mass is 16.3. The summed E-state index contributed by atoms with van der Waals surface area (Å²) < 4.78 is 0. The highest BCUT2D eigenvalue weighted by molar-refractivity contribution is 5.98. The van der Waals surface area contributed by atoms with Gasteiger partial charge in [-0.3, -0.25) is 9.78 Å². The Labute approximate surface area is 106 Å². The van der Waals surface area contributed by atoms with Crippen LogP contribution in [0.15, 0.2) is 24.3 Å². The summed E-state index contributed by atoms with van der Waals surface area (Å²) in [4.78, 5) is 16.3. The summed E-state index contributed by atoms with van der Waals surface area (Å²) >= 11 is 0. The van der Waals surface area contributed by atoms with E-state index in [2.05, 4.69) is 10.3 Å². The fourth-order valence-corrected chi connectivity index (χ4v) is 1.89. The lowest BCUT2D eigenvalue weighted by atomic mass is 10.1. The number of amides is 1. The van der Waals surface area contributed by atoms with E-state index in [4.69, 9.17) is 5.11 Å². The van der Waals surface area contributed by atoms with Crippen LogP contribution in [0, 0.1) is 13.8 Å². The molecule has 1 aromatic carbocycles. The molecule has 0 fully saturated rings. The number of carbonyl (C=O) groups excluding carboxylic acids is 1. The summed E-state index contributed by atoms with van der Waals surface area (Å²) in [5.41, 5.74) is 3.27. The second-order valence-corrected chi connectivity index (χ2v) is 4.30. The summed E-state index contributed by atoms with van der Waals surface area (Å²) in [6, 6.07) is 7.80. The van der Waals surface area contributed by atoms with Crippen LogP contribution < -0.4 is 5.32 Å². The van der Waals surface area contributed by atoms with Crippen LogP contribution in [0.1, 0.15) is 21.6 Å². The standard InChI is InChI=1S/C14H16N2O2/c1-9-3-4-13-11(7-9)8-12(10(2)16-13)14(18)15-5-6-17/h3-4,7-8,17H,5-6H2,1-2H3,(H,15,18). The van der Waals surface area contributed by atoms with E-state index < -0.39 is 0 Å². The first kappa shape index (κ1) is 12.5. The van der Waals surface area contributed by atoms with E-state index in [0.29, 0.717) is 11.3 Å². The largest absolute Gasteiger partial charge is 0.395 e. The highest BCUT2D eigenvalue weighted by Crippen LogP contribution is 2.17. The molecule has 0 atom stereocenters. The van der Waals surface area contributed by atoms with Gasteiger partial charge in [0.2, 0.25) is 0 Å². The second-order valence-electron chi connectivity index (χ2n) is 4.30. The predicted octanol–water partition coefficient (Wildman–Crippen LogP) is 1.57. The van der Waals surface area contributed by atoms with Crippen molar-refractivity contribution in [3.05, 3.63) is 41.1 Å². The lowest BCUT2D eigenvalue weighted by Gasteiger charge is -2.08. The number of rotatable bonds is 3. The molecule has 18 heavy (non-hydrogen) atoms. The molecule has 0 bridgehead atoms. The van der Waals surface area contributed by atoms with Crippen LogP contribution in [0.25, 0.3) is 10.9 Å². The number of aliphatic hydroxyl groups excluding tert-OH is 1. The molecule has 4 heteroatoms. The van der Waals surface area contributed by atoms with Gasteiger partial charge < -0.3 is 10.4 Å². The van der Waals surface area contributed by atoms with E-state index in [-0.39, 0.29) is 19.1 Å². The lowest BCUT2D eigenvalue weighted by molar-refractivity contribution is 0.0944. The maximum absolute atomic E-state index is 11.9. The number of aryl methyl sites for hydroxylation is 2. The molecule has 2 N–H and O–H groups in total. The van der Waals surface area contributed by atoms with Crippen molar-refractivity contribution >= 4 is 16.8 Å². The first-order chi connectivity index (χ1) is 8.61. The predicted molar refractivity (Wildman–Crippen MR) is 70.6 cm³/mol. The highest BCUT2D eigenvalue weighted by Gasteiger charge is 2.10. The zero-order valence-corrected chi connectivity index (χ0v) is 10.5. The molecule has 0 radical (unpaired) electrons. The molecule has 0 aliphatic carbocycles. The number of pyridine rings is 1. The van der Waals surface area contributed by atoms with E-state index >= 15 is 0 Å². The van der Waals surface area contributed by atoms with E-state index in [9.17, 15) is 4.79 Å². The van der Waals surface area contributed by atoms with Crippen molar-refractivity contribution in [3.63, 3.8) is 0 Å². The van der Waals surface area contributed by atoms with Crippen molar-refractivity contribution in [2.24, 2.45) is 0 Å². The number of hydrogen-bond acceptors (Lipinski definition) is 3. The van der Waals surface area contributed by atoms with Gasteiger partial charge in [0.15, 0.2) is 0 Å². The van der Waals surface area contributed by atoms with E-state index in [1.807, 2.05) is 38.1 Å². The maximum Gasteiger partial charge on any atom is 0.253 e. The van der Waals surface area contributed by atoms with Gasteiger partial charge in [-0.15, -0.1) is 0 Å². The monoisotopic (exact) mass is 244 g/mol. The summed E-state index contributed by atoms with van der Waals surface area (Å²) in [6.45, 7) is 4.01. The van der Waals surface area contributed by atoms with Gasteiger partial charge >= 0.3 is 0 Å². The molecule has 94 valence electrons. The van der Waals surface area contributed by atoms with Crippen LogP contribution in [0.3, 0.4) is 0 Å². The third kappa shape index (κ3) is 2.49.